The van der Waals surface area contributed by atoms with Crippen molar-refractivity contribution in [3.63, 3.8) is 0 Å². The zero-order valence-corrected chi connectivity index (χ0v) is 12.5. The van der Waals surface area contributed by atoms with Crippen LogP contribution in [0.3, 0.4) is 0 Å². The van der Waals surface area contributed by atoms with Crippen molar-refractivity contribution in [1.82, 2.24) is 5.32 Å². The number of carboxylic acid groups (broad SMARTS) is 1. The predicted octanol–water partition coefficient (Wildman–Crippen LogP) is 0.877. The predicted molar refractivity (Wildman–Crippen MR) is 78.8 cm³/mol. The van der Waals surface area contributed by atoms with E-state index in [0.717, 1.165) is 5.56 Å². The quantitative estimate of drug-likeness (QED) is 0.644. The molecule has 0 aliphatic heterocycles. The van der Waals surface area contributed by atoms with Gasteiger partial charge in [0.15, 0.2) is 0 Å². The van der Waals surface area contributed by atoms with Crippen LogP contribution in [0.1, 0.15) is 26.3 Å². The summed E-state index contributed by atoms with van der Waals surface area (Å²) < 4.78 is 0. The van der Waals surface area contributed by atoms with Gasteiger partial charge in [-0.05, 0) is 29.5 Å². The van der Waals surface area contributed by atoms with E-state index in [1.54, 1.807) is 32.9 Å². The highest BCUT2D eigenvalue weighted by molar-refractivity contribution is 5.87. The fourth-order valence-corrected chi connectivity index (χ4v) is 1.88. The van der Waals surface area contributed by atoms with Crippen molar-refractivity contribution < 1.29 is 19.8 Å². The highest BCUT2D eigenvalue weighted by atomic mass is 16.4. The van der Waals surface area contributed by atoms with E-state index in [0.29, 0.717) is 0 Å². The molecule has 1 aromatic carbocycles. The Morgan fingerprint density at radius 1 is 1.24 bits per heavy atom. The third-order valence-electron chi connectivity index (χ3n) is 3.13. The van der Waals surface area contributed by atoms with Crippen LogP contribution in [-0.2, 0) is 16.0 Å². The number of phenols is 1. The molecule has 0 radical (unpaired) electrons. The van der Waals surface area contributed by atoms with Crippen LogP contribution in [0.15, 0.2) is 24.3 Å². The molecule has 6 heteroatoms. The van der Waals surface area contributed by atoms with Gasteiger partial charge in [-0.15, -0.1) is 0 Å². The van der Waals surface area contributed by atoms with Gasteiger partial charge in [-0.25, -0.2) is 4.79 Å². The minimum atomic E-state index is -1.09. The van der Waals surface area contributed by atoms with Gasteiger partial charge in [0, 0.05) is 0 Å². The third-order valence-corrected chi connectivity index (χ3v) is 3.13. The smallest absolute Gasteiger partial charge is 0.326 e. The summed E-state index contributed by atoms with van der Waals surface area (Å²) in [7, 11) is 0. The van der Waals surface area contributed by atoms with Gasteiger partial charge < -0.3 is 21.3 Å². The lowest BCUT2D eigenvalue weighted by atomic mass is 9.86. The molecule has 0 saturated carbocycles. The molecular weight excluding hydrogens is 272 g/mol. The van der Waals surface area contributed by atoms with Gasteiger partial charge in [-0.3, -0.25) is 4.79 Å². The van der Waals surface area contributed by atoms with Gasteiger partial charge in [0.25, 0.3) is 0 Å². The van der Waals surface area contributed by atoms with Gasteiger partial charge in [-0.2, -0.15) is 0 Å². The topological polar surface area (TPSA) is 113 Å². The van der Waals surface area contributed by atoms with E-state index < -0.39 is 29.4 Å². The standard InChI is InChI=1S/C15H22N2O4/c1-15(2,3)12(14(20)21)17-13(19)11(16)8-9-4-6-10(18)7-5-9/h4-7,11-12,18H,8,16H2,1-3H3,(H,17,19)(H,20,21)/t11-,12?/m0/s1. The molecule has 0 aromatic heterocycles. The number of amides is 1. The molecule has 0 bridgehead atoms. The largest absolute Gasteiger partial charge is 0.508 e. The average Bonchev–Trinajstić information content (AvgIpc) is 2.36. The number of benzene rings is 1. The molecule has 0 fully saturated rings. The van der Waals surface area contributed by atoms with E-state index in [9.17, 15) is 19.8 Å². The molecule has 0 aliphatic rings. The summed E-state index contributed by atoms with van der Waals surface area (Å²) in [5.41, 5.74) is 5.99. The lowest BCUT2D eigenvalue weighted by Crippen LogP contribution is -2.54. The molecule has 0 aliphatic carbocycles. The number of hydrogen-bond acceptors (Lipinski definition) is 4. The number of aliphatic carboxylic acids is 1. The second-order valence-corrected chi connectivity index (χ2v) is 6.12. The summed E-state index contributed by atoms with van der Waals surface area (Å²) >= 11 is 0. The first kappa shape index (κ1) is 17.0. The number of rotatable bonds is 5. The number of carboxylic acids is 1. The van der Waals surface area contributed by atoms with Crippen LogP contribution in [0.25, 0.3) is 0 Å². The number of nitrogens with one attached hydrogen (secondary N) is 1. The summed E-state index contributed by atoms with van der Waals surface area (Å²) in [5.74, 6) is -1.46. The van der Waals surface area contributed by atoms with Crippen LogP contribution in [0.4, 0.5) is 0 Å². The van der Waals surface area contributed by atoms with Gasteiger partial charge in [0.1, 0.15) is 11.8 Å². The maximum atomic E-state index is 12.0. The molecule has 0 heterocycles. The molecular formula is C15H22N2O4. The van der Waals surface area contributed by atoms with Crippen LogP contribution >= 0.6 is 0 Å². The monoisotopic (exact) mass is 294 g/mol. The zero-order valence-electron chi connectivity index (χ0n) is 12.5. The molecule has 0 spiro atoms. The Bertz CT molecular complexity index is 505. The normalized spacial score (nSPS) is 14.3. The van der Waals surface area contributed by atoms with Gasteiger partial charge >= 0.3 is 5.97 Å². The second-order valence-electron chi connectivity index (χ2n) is 6.12. The second kappa shape index (κ2) is 6.58. The maximum absolute atomic E-state index is 12.0. The van der Waals surface area contributed by atoms with Crippen LogP contribution < -0.4 is 11.1 Å². The van der Waals surface area contributed by atoms with E-state index >= 15 is 0 Å². The van der Waals surface area contributed by atoms with Crippen LogP contribution in [-0.4, -0.2) is 34.2 Å². The summed E-state index contributed by atoms with van der Waals surface area (Å²) in [4.78, 5) is 23.2. The van der Waals surface area contributed by atoms with Crippen molar-refractivity contribution in [2.45, 2.75) is 39.3 Å². The van der Waals surface area contributed by atoms with Crippen LogP contribution in [0.5, 0.6) is 5.75 Å². The first-order valence-electron chi connectivity index (χ1n) is 6.68. The molecule has 21 heavy (non-hydrogen) atoms. The lowest BCUT2D eigenvalue weighted by molar-refractivity contribution is -0.145. The Kier molecular flexibility index (Phi) is 5.32. The van der Waals surface area contributed by atoms with Crippen molar-refractivity contribution in [3.8, 4) is 5.75 Å². The zero-order chi connectivity index (χ0) is 16.2. The SMILES string of the molecule is CC(C)(C)C(NC(=O)[C@@H](N)Cc1ccc(O)cc1)C(=O)O. The molecule has 1 aromatic rings. The fraction of sp³-hybridized carbons (Fsp3) is 0.467. The summed E-state index contributed by atoms with van der Waals surface area (Å²) in [5, 5.41) is 20.8. The number of phenolic OH excluding ortho intramolecular Hbond substituents is 1. The Hall–Kier alpha value is -2.08. The lowest BCUT2D eigenvalue weighted by Gasteiger charge is -2.28. The Morgan fingerprint density at radius 2 is 1.76 bits per heavy atom. The molecule has 2 atom stereocenters. The maximum Gasteiger partial charge on any atom is 0.326 e. The molecule has 0 saturated heterocycles. The summed E-state index contributed by atoms with van der Waals surface area (Å²) in [6, 6.07) is 4.50. The number of carbonyl (C=O) groups is 2. The highest BCUT2D eigenvalue weighted by Gasteiger charge is 2.33. The molecule has 1 rings (SSSR count). The van der Waals surface area contributed by atoms with Gasteiger partial charge in [-0.1, -0.05) is 32.9 Å². The molecule has 116 valence electrons. The van der Waals surface area contributed by atoms with E-state index in [1.165, 1.54) is 12.1 Å². The van der Waals surface area contributed by atoms with Crippen LogP contribution in [0.2, 0.25) is 0 Å². The first-order valence-corrected chi connectivity index (χ1v) is 6.68. The van der Waals surface area contributed by atoms with E-state index in [2.05, 4.69) is 5.32 Å². The highest BCUT2D eigenvalue weighted by Crippen LogP contribution is 2.19. The van der Waals surface area contributed by atoms with Gasteiger partial charge in [0.2, 0.25) is 5.91 Å². The van der Waals surface area contributed by atoms with Crippen molar-refractivity contribution >= 4 is 11.9 Å². The summed E-state index contributed by atoms with van der Waals surface area (Å²) in [6.07, 6.45) is 0.266. The van der Waals surface area contributed by atoms with Gasteiger partial charge in [0.05, 0.1) is 6.04 Å². The first-order chi connectivity index (χ1) is 9.61. The minimum Gasteiger partial charge on any atom is -0.508 e. The van der Waals surface area contributed by atoms with Crippen molar-refractivity contribution in [1.29, 1.82) is 0 Å². The average molecular weight is 294 g/mol. The Labute approximate surface area is 124 Å². The Morgan fingerprint density at radius 3 is 2.19 bits per heavy atom. The molecule has 5 N–H and O–H groups in total. The number of hydrogen-bond donors (Lipinski definition) is 4. The Balaban J connectivity index is 2.69. The van der Waals surface area contributed by atoms with Crippen molar-refractivity contribution in [2.24, 2.45) is 11.1 Å². The number of aromatic hydroxyl groups is 1. The van der Waals surface area contributed by atoms with E-state index in [1.807, 2.05) is 0 Å². The fourth-order valence-electron chi connectivity index (χ4n) is 1.88. The summed E-state index contributed by atoms with van der Waals surface area (Å²) in [6.45, 7) is 5.20. The van der Waals surface area contributed by atoms with E-state index in [-0.39, 0.29) is 12.2 Å². The van der Waals surface area contributed by atoms with Crippen molar-refractivity contribution in [3.05, 3.63) is 29.8 Å². The third kappa shape index (κ3) is 5.07. The van der Waals surface area contributed by atoms with Crippen LogP contribution in [0, 0.1) is 5.41 Å². The molecule has 1 amide bonds. The van der Waals surface area contributed by atoms with E-state index in [4.69, 9.17) is 5.73 Å². The number of carbonyl (C=O) groups excluding carboxylic acids is 1. The van der Waals surface area contributed by atoms with Crippen molar-refractivity contribution in [2.75, 3.05) is 0 Å². The molecule has 6 nitrogen and oxygen atoms in total. The number of nitrogens with two attached hydrogens (primary N) is 1. The minimum absolute atomic E-state index is 0.135. The molecule has 1 unspecified atom stereocenters.